The van der Waals surface area contributed by atoms with Crippen molar-refractivity contribution in [3.63, 3.8) is 0 Å². The number of nitro benzene ring substituents is 1. The Balaban J connectivity index is 1.36. The third kappa shape index (κ3) is 4.11. The van der Waals surface area contributed by atoms with E-state index in [2.05, 4.69) is 4.98 Å². The van der Waals surface area contributed by atoms with Gasteiger partial charge in [0, 0.05) is 37.8 Å². The van der Waals surface area contributed by atoms with E-state index in [1.165, 1.54) is 12.3 Å². The Morgan fingerprint density at radius 2 is 1.72 bits per heavy atom. The van der Waals surface area contributed by atoms with Crippen molar-refractivity contribution in [2.45, 2.75) is 6.42 Å². The van der Waals surface area contributed by atoms with Gasteiger partial charge in [0.25, 0.3) is 5.69 Å². The van der Waals surface area contributed by atoms with E-state index in [1.54, 1.807) is 23.1 Å². The molecule has 1 amide bonds. The van der Waals surface area contributed by atoms with Gasteiger partial charge in [0.15, 0.2) is 0 Å². The van der Waals surface area contributed by atoms with Crippen molar-refractivity contribution in [3.05, 3.63) is 76.7 Å². The Labute approximate surface area is 167 Å². The fraction of sp³-hybridized carbons (Fsp3) is 0.238. The van der Waals surface area contributed by atoms with Crippen LogP contribution in [-0.4, -0.2) is 46.9 Å². The lowest BCUT2D eigenvalue weighted by Gasteiger charge is -2.35. The molecule has 0 N–H and O–H groups in total. The number of aromatic nitrogens is 1. The van der Waals surface area contributed by atoms with Gasteiger partial charge in [0.05, 0.1) is 17.0 Å². The number of nitrogens with zero attached hydrogens (tertiary/aromatic N) is 4. The molecule has 1 fully saturated rings. The average Bonchev–Trinajstić information content (AvgIpc) is 3.23. The predicted molar refractivity (Wildman–Crippen MR) is 108 cm³/mol. The zero-order chi connectivity index (χ0) is 20.2. The van der Waals surface area contributed by atoms with E-state index >= 15 is 0 Å². The van der Waals surface area contributed by atoms with Crippen molar-refractivity contribution in [2.75, 3.05) is 31.1 Å². The molecule has 0 saturated carbocycles. The highest BCUT2D eigenvalue weighted by Crippen LogP contribution is 2.28. The van der Waals surface area contributed by atoms with Gasteiger partial charge >= 0.3 is 0 Å². The Hall–Kier alpha value is -3.68. The van der Waals surface area contributed by atoms with Crippen LogP contribution in [0, 0.1) is 10.1 Å². The van der Waals surface area contributed by atoms with Crippen LogP contribution in [0.2, 0.25) is 0 Å². The molecule has 0 bridgehead atoms. The van der Waals surface area contributed by atoms with E-state index in [0.29, 0.717) is 43.5 Å². The van der Waals surface area contributed by atoms with Crippen LogP contribution in [0.25, 0.3) is 11.5 Å². The standard InChI is InChI=1S/C21H20N4O4/c26-20(14-17-15-29-21(22-17)16-6-2-1-3-7-16)24-12-10-23(11-13-24)18-8-4-5-9-19(18)25(27)28/h1-9,15H,10-14H2. The molecule has 8 nitrogen and oxygen atoms in total. The largest absolute Gasteiger partial charge is 0.444 e. The van der Waals surface area contributed by atoms with Gasteiger partial charge in [-0.05, 0) is 18.2 Å². The van der Waals surface area contributed by atoms with Crippen molar-refractivity contribution in [2.24, 2.45) is 0 Å². The van der Waals surface area contributed by atoms with Gasteiger partial charge < -0.3 is 14.2 Å². The number of hydrogen-bond donors (Lipinski definition) is 0. The number of carbonyl (C=O) groups is 1. The summed E-state index contributed by atoms with van der Waals surface area (Å²) in [5, 5.41) is 11.2. The van der Waals surface area contributed by atoms with Crippen LogP contribution in [-0.2, 0) is 11.2 Å². The predicted octanol–water partition coefficient (Wildman–Crippen LogP) is 3.14. The molecule has 1 aromatic heterocycles. The molecule has 1 saturated heterocycles. The van der Waals surface area contributed by atoms with E-state index < -0.39 is 0 Å². The van der Waals surface area contributed by atoms with E-state index in [4.69, 9.17) is 4.42 Å². The molecule has 0 aliphatic carbocycles. The van der Waals surface area contributed by atoms with E-state index in [1.807, 2.05) is 35.2 Å². The van der Waals surface area contributed by atoms with Crippen molar-refractivity contribution in [3.8, 4) is 11.5 Å². The van der Waals surface area contributed by atoms with Gasteiger partial charge in [-0.2, -0.15) is 0 Å². The summed E-state index contributed by atoms with van der Waals surface area (Å²) >= 11 is 0. The van der Waals surface area contributed by atoms with Crippen LogP contribution in [0.1, 0.15) is 5.69 Å². The maximum absolute atomic E-state index is 12.6. The maximum atomic E-state index is 12.6. The second-order valence-electron chi connectivity index (χ2n) is 6.80. The van der Waals surface area contributed by atoms with Crippen LogP contribution >= 0.6 is 0 Å². The first-order valence-electron chi connectivity index (χ1n) is 9.38. The van der Waals surface area contributed by atoms with Crippen molar-refractivity contribution in [1.29, 1.82) is 0 Å². The summed E-state index contributed by atoms with van der Waals surface area (Å²) in [4.78, 5) is 31.6. The fourth-order valence-corrected chi connectivity index (χ4v) is 3.45. The number of piperazine rings is 1. The van der Waals surface area contributed by atoms with E-state index in [0.717, 1.165) is 5.56 Å². The SMILES string of the molecule is O=C(Cc1coc(-c2ccccc2)n1)N1CCN(c2ccccc2[N+](=O)[O-])CC1. The highest BCUT2D eigenvalue weighted by Gasteiger charge is 2.26. The molecule has 3 aromatic rings. The van der Waals surface area contributed by atoms with E-state index in [-0.39, 0.29) is 22.9 Å². The number of benzene rings is 2. The molecule has 1 aliphatic rings. The highest BCUT2D eigenvalue weighted by molar-refractivity contribution is 5.79. The summed E-state index contributed by atoms with van der Waals surface area (Å²) in [6.07, 6.45) is 1.69. The summed E-state index contributed by atoms with van der Waals surface area (Å²) in [5.74, 6) is 0.467. The first-order valence-corrected chi connectivity index (χ1v) is 9.38. The molecule has 0 radical (unpaired) electrons. The Morgan fingerprint density at radius 1 is 1.03 bits per heavy atom. The fourth-order valence-electron chi connectivity index (χ4n) is 3.45. The summed E-state index contributed by atoms with van der Waals surface area (Å²) < 4.78 is 5.50. The number of oxazole rings is 1. The summed E-state index contributed by atoms with van der Waals surface area (Å²) in [7, 11) is 0. The molecule has 0 atom stereocenters. The van der Waals surface area contributed by atoms with Crippen LogP contribution < -0.4 is 4.90 Å². The molecule has 2 heterocycles. The number of rotatable bonds is 5. The molecule has 0 unspecified atom stereocenters. The smallest absolute Gasteiger partial charge is 0.292 e. The van der Waals surface area contributed by atoms with Crippen LogP contribution in [0.3, 0.4) is 0 Å². The van der Waals surface area contributed by atoms with Gasteiger partial charge in [-0.25, -0.2) is 4.98 Å². The molecule has 148 valence electrons. The summed E-state index contributed by atoms with van der Waals surface area (Å²) in [5.41, 5.74) is 2.14. The van der Waals surface area contributed by atoms with Crippen molar-refractivity contribution in [1.82, 2.24) is 9.88 Å². The van der Waals surface area contributed by atoms with E-state index in [9.17, 15) is 14.9 Å². The minimum Gasteiger partial charge on any atom is -0.444 e. The third-order valence-corrected chi connectivity index (χ3v) is 4.96. The van der Waals surface area contributed by atoms with Gasteiger partial charge in [0.1, 0.15) is 12.0 Å². The second-order valence-corrected chi connectivity index (χ2v) is 6.80. The quantitative estimate of drug-likeness (QED) is 0.489. The molecular formula is C21H20N4O4. The Bertz CT molecular complexity index is 1010. The average molecular weight is 392 g/mol. The molecule has 0 spiro atoms. The second kappa shape index (κ2) is 8.14. The van der Waals surface area contributed by atoms with Gasteiger partial charge in [-0.15, -0.1) is 0 Å². The Morgan fingerprint density at radius 3 is 2.45 bits per heavy atom. The third-order valence-electron chi connectivity index (χ3n) is 4.96. The van der Waals surface area contributed by atoms with Crippen LogP contribution in [0.5, 0.6) is 0 Å². The molecule has 8 heteroatoms. The van der Waals surface area contributed by atoms with Crippen LogP contribution in [0.15, 0.2) is 65.3 Å². The topological polar surface area (TPSA) is 92.7 Å². The minimum absolute atomic E-state index is 0.0277. The lowest BCUT2D eigenvalue weighted by Crippen LogP contribution is -2.49. The summed E-state index contributed by atoms with van der Waals surface area (Å²) in [6, 6.07) is 16.2. The minimum atomic E-state index is -0.373. The monoisotopic (exact) mass is 392 g/mol. The normalized spacial score (nSPS) is 14.1. The van der Waals surface area contributed by atoms with Gasteiger partial charge in [0.2, 0.25) is 11.8 Å². The number of anilines is 1. The number of nitro groups is 1. The first kappa shape index (κ1) is 18.7. The van der Waals surface area contributed by atoms with Crippen molar-refractivity contribution < 1.29 is 14.1 Å². The maximum Gasteiger partial charge on any atom is 0.292 e. The molecule has 2 aromatic carbocycles. The zero-order valence-electron chi connectivity index (χ0n) is 15.7. The molecular weight excluding hydrogens is 372 g/mol. The number of amides is 1. The number of hydrogen-bond acceptors (Lipinski definition) is 6. The first-order chi connectivity index (χ1) is 14.1. The zero-order valence-corrected chi connectivity index (χ0v) is 15.7. The van der Waals surface area contributed by atoms with Crippen molar-refractivity contribution >= 4 is 17.3 Å². The van der Waals surface area contributed by atoms with Gasteiger partial charge in [-0.3, -0.25) is 14.9 Å². The molecule has 1 aliphatic heterocycles. The Kier molecular flexibility index (Phi) is 5.24. The lowest BCUT2D eigenvalue weighted by atomic mass is 10.2. The summed E-state index contributed by atoms with van der Waals surface area (Å²) in [6.45, 7) is 2.11. The highest BCUT2D eigenvalue weighted by atomic mass is 16.6. The number of carbonyl (C=O) groups excluding carboxylic acids is 1. The van der Waals surface area contributed by atoms with Gasteiger partial charge in [-0.1, -0.05) is 30.3 Å². The van der Waals surface area contributed by atoms with Crippen LogP contribution in [0.4, 0.5) is 11.4 Å². The molecule has 4 rings (SSSR count). The number of para-hydroxylation sites is 2. The lowest BCUT2D eigenvalue weighted by molar-refractivity contribution is -0.384. The molecule has 29 heavy (non-hydrogen) atoms.